The second-order valence-electron chi connectivity index (χ2n) is 13.0. The summed E-state index contributed by atoms with van der Waals surface area (Å²) in [5.41, 5.74) is 0. The maximum absolute atomic E-state index is 11.6. The molecule has 0 aromatic rings. The molecule has 206 valence electrons. The van der Waals surface area contributed by atoms with E-state index in [2.05, 4.69) is 48.5 Å². The number of aliphatic hydroxyl groups is 2. The van der Waals surface area contributed by atoms with Crippen LogP contribution in [-0.4, -0.2) is 48.3 Å². The highest BCUT2D eigenvalue weighted by molar-refractivity contribution is 4.95. The van der Waals surface area contributed by atoms with Gasteiger partial charge in [-0.1, -0.05) is 60.3 Å². The quantitative estimate of drug-likeness (QED) is 0.360. The number of hydrogen-bond donors (Lipinski definition) is 2. The van der Waals surface area contributed by atoms with Gasteiger partial charge in [0.2, 0.25) is 0 Å². The molecule has 2 N–H and O–H groups in total. The third kappa shape index (κ3) is 6.84. The lowest BCUT2D eigenvalue weighted by Gasteiger charge is -2.48. The molecule has 4 heteroatoms. The normalized spacial score (nSPS) is 41.9. The Hall–Kier alpha value is -0.160. The molecule has 35 heavy (non-hydrogen) atoms. The summed E-state index contributed by atoms with van der Waals surface area (Å²) in [5.74, 6) is 4.77. The molecule has 4 nitrogen and oxygen atoms in total. The van der Waals surface area contributed by atoms with Gasteiger partial charge in [0, 0.05) is 13.2 Å². The van der Waals surface area contributed by atoms with Crippen molar-refractivity contribution in [3.63, 3.8) is 0 Å². The standard InChI is InChI=1S/C31H58O4/c1-8-10-24-19(3)11-14-26(28(24)17-34-9-2)22(6)30(32)31(33)23(7)27-15-12-20(4)25-16-13-21(5)35-18-29(25)27/h19-33H,8-18H2,1-7H3/t19-,20-,21?,22?,23?,24?,25?,26+,27+,28?,29?,30?,31?/m1/s1. The minimum atomic E-state index is -0.682. The van der Waals surface area contributed by atoms with E-state index < -0.39 is 12.2 Å². The van der Waals surface area contributed by atoms with Crippen molar-refractivity contribution in [2.45, 2.75) is 118 Å². The van der Waals surface area contributed by atoms with Crippen molar-refractivity contribution < 1.29 is 19.7 Å². The van der Waals surface area contributed by atoms with Gasteiger partial charge in [-0.15, -0.1) is 0 Å². The van der Waals surface area contributed by atoms with E-state index in [-0.39, 0.29) is 11.8 Å². The maximum atomic E-state index is 11.6. The summed E-state index contributed by atoms with van der Waals surface area (Å²) in [6, 6.07) is 0. The molecular weight excluding hydrogens is 436 g/mol. The number of aliphatic hydroxyl groups excluding tert-OH is 2. The first-order chi connectivity index (χ1) is 16.7. The highest BCUT2D eigenvalue weighted by Crippen LogP contribution is 2.49. The van der Waals surface area contributed by atoms with Gasteiger partial charge in [0.25, 0.3) is 0 Å². The first-order valence-corrected chi connectivity index (χ1v) is 15.3. The number of fused-ring (bicyclic) bond motifs is 1. The van der Waals surface area contributed by atoms with E-state index in [0.29, 0.717) is 47.5 Å². The third-order valence-corrected chi connectivity index (χ3v) is 11.0. The van der Waals surface area contributed by atoms with Gasteiger partial charge in [0.15, 0.2) is 0 Å². The largest absolute Gasteiger partial charge is 0.390 e. The Morgan fingerprint density at radius 2 is 1.40 bits per heavy atom. The van der Waals surface area contributed by atoms with Crippen LogP contribution in [0.15, 0.2) is 0 Å². The molecule has 1 heterocycles. The van der Waals surface area contributed by atoms with E-state index in [0.717, 1.165) is 45.0 Å². The molecule has 2 aliphatic carbocycles. The van der Waals surface area contributed by atoms with Crippen molar-refractivity contribution >= 4 is 0 Å². The molecular formula is C31H58O4. The van der Waals surface area contributed by atoms with E-state index in [4.69, 9.17) is 9.47 Å². The molecule has 2 saturated carbocycles. The molecule has 0 aromatic carbocycles. The molecule has 3 rings (SSSR count). The van der Waals surface area contributed by atoms with Crippen LogP contribution < -0.4 is 0 Å². The zero-order valence-corrected chi connectivity index (χ0v) is 24.0. The second kappa shape index (κ2) is 13.6. The van der Waals surface area contributed by atoms with Gasteiger partial charge in [-0.3, -0.25) is 0 Å². The molecule has 0 radical (unpaired) electrons. The average molecular weight is 495 g/mol. The van der Waals surface area contributed by atoms with Crippen LogP contribution in [0.1, 0.15) is 99.8 Å². The van der Waals surface area contributed by atoms with Gasteiger partial charge in [-0.25, -0.2) is 0 Å². The molecule has 9 unspecified atom stereocenters. The van der Waals surface area contributed by atoms with E-state index >= 15 is 0 Å². The number of ether oxygens (including phenoxy) is 2. The van der Waals surface area contributed by atoms with Gasteiger partial charge in [-0.2, -0.15) is 0 Å². The molecule has 0 bridgehead atoms. The summed E-state index contributed by atoms with van der Waals surface area (Å²) in [5, 5.41) is 23.2. The van der Waals surface area contributed by atoms with Crippen LogP contribution >= 0.6 is 0 Å². The summed E-state index contributed by atoms with van der Waals surface area (Å²) in [6.45, 7) is 18.1. The van der Waals surface area contributed by atoms with Crippen molar-refractivity contribution in [2.75, 3.05) is 19.8 Å². The summed E-state index contributed by atoms with van der Waals surface area (Å²) < 4.78 is 12.2. The lowest BCUT2D eigenvalue weighted by molar-refractivity contribution is -0.108. The topological polar surface area (TPSA) is 58.9 Å². The summed E-state index contributed by atoms with van der Waals surface area (Å²) in [7, 11) is 0. The zero-order valence-electron chi connectivity index (χ0n) is 24.0. The number of hydrogen-bond acceptors (Lipinski definition) is 4. The molecule has 3 fully saturated rings. The molecule has 13 atom stereocenters. The van der Waals surface area contributed by atoms with Crippen LogP contribution in [0.5, 0.6) is 0 Å². The predicted octanol–water partition coefficient (Wildman–Crippen LogP) is 6.57. The predicted molar refractivity (Wildman–Crippen MR) is 144 cm³/mol. The fourth-order valence-corrected chi connectivity index (χ4v) is 8.54. The number of rotatable bonds is 10. The summed E-state index contributed by atoms with van der Waals surface area (Å²) >= 11 is 0. The Labute approximate surface area is 216 Å². The van der Waals surface area contributed by atoms with Crippen molar-refractivity contribution in [3.05, 3.63) is 0 Å². The fourth-order valence-electron chi connectivity index (χ4n) is 8.54. The van der Waals surface area contributed by atoms with Crippen molar-refractivity contribution in [1.82, 2.24) is 0 Å². The molecule has 0 aromatic heterocycles. The van der Waals surface area contributed by atoms with Crippen molar-refractivity contribution in [2.24, 2.45) is 59.2 Å². The SMILES string of the molecule is CCCC1C(COCC)[C@H](C(C)C(O)C(O)C(C)[C@@H]2CC[C@@H](C)C3CCC(C)OCC32)CC[C@H]1C. The van der Waals surface area contributed by atoms with E-state index in [9.17, 15) is 10.2 Å². The monoisotopic (exact) mass is 494 g/mol. The van der Waals surface area contributed by atoms with Gasteiger partial charge in [-0.05, 0) is 98.7 Å². The lowest BCUT2D eigenvalue weighted by atomic mass is 9.59. The maximum Gasteiger partial charge on any atom is 0.0830 e. The molecule has 0 spiro atoms. The Morgan fingerprint density at radius 1 is 0.771 bits per heavy atom. The fraction of sp³-hybridized carbons (Fsp3) is 1.00. The third-order valence-electron chi connectivity index (χ3n) is 11.0. The Balaban J connectivity index is 1.72. The first kappa shape index (κ1) is 29.4. The highest BCUT2D eigenvalue weighted by Gasteiger charge is 2.46. The van der Waals surface area contributed by atoms with Crippen LogP contribution in [0.4, 0.5) is 0 Å². The Morgan fingerprint density at radius 3 is 2.06 bits per heavy atom. The van der Waals surface area contributed by atoms with Crippen LogP contribution in [0.25, 0.3) is 0 Å². The van der Waals surface area contributed by atoms with Crippen molar-refractivity contribution in [3.8, 4) is 0 Å². The van der Waals surface area contributed by atoms with Gasteiger partial charge >= 0.3 is 0 Å². The Kier molecular flexibility index (Phi) is 11.4. The van der Waals surface area contributed by atoms with E-state index in [1.807, 2.05) is 0 Å². The van der Waals surface area contributed by atoms with Crippen LogP contribution in [-0.2, 0) is 9.47 Å². The van der Waals surface area contributed by atoms with Crippen LogP contribution in [0.3, 0.4) is 0 Å². The molecule has 3 aliphatic rings. The lowest BCUT2D eigenvalue weighted by Crippen LogP contribution is -2.49. The zero-order chi connectivity index (χ0) is 25.7. The molecule has 1 aliphatic heterocycles. The summed E-state index contributed by atoms with van der Waals surface area (Å²) in [4.78, 5) is 0. The highest BCUT2D eigenvalue weighted by atomic mass is 16.5. The second-order valence-corrected chi connectivity index (χ2v) is 13.0. The van der Waals surface area contributed by atoms with Crippen LogP contribution in [0, 0.1) is 59.2 Å². The van der Waals surface area contributed by atoms with E-state index in [1.165, 1.54) is 32.1 Å². The van der Waals surface area contributed by atoms with Crippen molar-refractivity contribution in [1.29, 1.82) is 0 Å². The first-order valence-electron chi connectivity index (χ1n) is 15.3. The smallest absolute Gasteiger partial charge is 0.0830 e. The minimum absolute atomic E-state index is 0.0773. The molecule has 1 saturated heterocycles. The van der Waals surface area contributed by atoms with Crippen LogP contribution in [0.2, 0.25) is 0 Å². The van der Waals surface area contributed by atoms with Gasteiger partial charge in [0.05, 0.1) is 24.9 Å². The van der Waals surface area contributed by atoms with Gasteiger partial charge < -0.3 is 19.7 Å². The Bertz CT molecular complexity index is 611. The minimum Gasteiger partial charge on any atom is -0.390 e. The van der Waals surface area contributed by atoms with E-state index in [1.54, 1.807) is 0 Å². The van der Waals surface area contributed by atoms with Gasteiger partial charge in [0.1, 0.15) is 0 Å². The molecule has 0 amide bonds. The average Bonchev–Trinajstić information content (AvgIpc) is 3.05. The summed E-state index contributed by atoms with van der Waals surface area (Å²) in [6.07, 6.45) is 8.54.